The van der Waals surface area contributed by atoms with Crippen LogP contribution in [0.4, 0.5) is 5.82 Å². The van der Waals surface area contributed by atoms with Gasteiger partial charge in [0.15, 0.2) is 0 Å². The minimum absolute atomic E-state index is 0.0847. The Kier molecular flexibility index (Phi) is 3.67. The number of aliphatic hydroxyl groups is 1. The fourth-order valence-electron chi connectivity index (χ4n) is 2.82. The molecule has 1 aliphatic rings. The van der Waals surface area contributed by atoms with Crippen LogP contribution in [0.5, 0.6) is 0 Å². The van der Waals surface area contributed by atoms with Gasteiger partial charge in [0.2, 0.25) is 0 Å². The molecule has 94 valence electrons. The fraction of sp³-hybridized carbons (Fsp3) is 0.643. The van der Waals surface area contributed by atoms with Crippen LogP contribution in [0.25, 0.3) is 0 Å². The number of pyridine rings is 1. The molecular weight excluding hydrogens is 212 g/mol. The highest BCUT2D eigenvalue weighted by Gasteiger charge is 2.26. The summed E-state index contributed by atoms with van der Waals surface area (Å²) in [5, 5.41) is 9.54. The average molecular weight is 234 g/mol. The van der Waals surface area contributed by atoms with Crippen LogP contribution < -0.4 is 4.90 Å². The van der Waals surface area contributed by atoms with E-state index in [9.17, 15) is 5.11 Å². The van der Waals surface area contributed by atoms with Crippen molar-refractivity contribution in [3.05, 3.63) is 22.9 Å². The Balaban J connectivity index is 2.42. The molecule has 2 heterocycles. The SMILES string of the molecule is CCC1CCCN1c1nc(C)cc(C)c1CO. The van der Waals surface area contributed by atoms with Crippen molar-refractivity contribution in [2.24, 2.45) is 0 Å². The first-order chi connectivity index (χ1) is 8.17. The summed E-state index contributed by atoms with van der Waals surface area (Å²) in [6.45, 7) is 7.46. The van der Waals surface area contributed by atoms with Gasteiger partial charge >= 0.3 is 0 Å². The number of nitrogens with zero attached hydrogens (tertiary/aromatic N) is 2. The van der Waals surface area contributed by atoms with Gasteiger partial charge < -0.3 is 10.0 Å². The number of hydrogen-bond donors (Lipinski definition) is 1. The van der Waals surface area contributed by atoms with Crippen LogP contribution in [0.15, 0.2) is 6.07 Å². The molecule has 1 atom stereocenters. The first-order valence-electron chi connectivity index (χ1n) is 6.52. The first-order valence-corrected chi connectivity index (χ1v) is 6.52. The summed E-state index contributed by atoms with van der Waals surface area (Å²) in [5.74, 6) is 1.01. The Labute approximate surface area is 103 Å². The van der Waals surface area contributed by atoms with E-state index in [4.69, 9.17) is 0 Å². The van der Waals surface area contributed by atoms with Gasteiger partial charge in [-0.15, -0.1) is 0 Å². The summed E-state index contributed by atoms with van der Waals surface area (Å²) in [7, 11) is 0. The van der Waals surface area contributed by atoms with Gasteiger partial charge in [0, 0.05) is 23.8 Å². The van der Waals surface area contributed by atoms with Crippen molar-refractivity contribution >= 4 is 5.82 Å². The molecule has 0 amide bonds. The maximum atomic E-state index is 9.54. The molecule has 1 aromatic heterocycles. The highest BCUT2D eigenvalue weighted by molar-refractivity contribution is 5.52. The van der Waals surface area contributed by atoms with Crippen molar-refractivity contribution in [1.82, 2.24) is 4.98 Å². The summed E-state index contributed by atoms with van der Waals surface area (Å²) in [4.78, 5) is 7.03. The van der Waals surface area contributed by atoms with Crippen LogP contribution in [0.1, 0.15) is 43.0 Å². The molecule has 1 aliphatic heterocycles. The predicted octanol–water partition coefficient (Wildman–Crippen LogP) is 2.57. The minimum Gasteiger partial charge on any atom is -0.392 e. The van der Waals surface area contributed by atoms with Gasteiger partial charge in [-0.25, -0.2) is 4.98 Å². The van der Waals surface area contributed by atoms with Crippen LogP contribution in [-0.2, 0) is 6.61 Å². The van der Waals surface area contributed by atoms with Gasteiger partial charge in [-0.05, 0) is 44.7 Å². The normalized spacial score (nSPS) is 20.0. The van der Waals surface area contributed by atoms with E-state index in [1.165, 1.54) is 12.8 Å². The Morgan fingerprint density at radius 2 is 2.24 bits per heavy atom. The molecule has 0 aliphatic carbocycles. The van der Waals surface area contributed by atoms with E-state index >= 15 is 0 Å². The van der Waals surface area contributed by atoms with Crippen molar-refractivity contribution in [1.29, 1.82) is 0 Å². The zero-order valence-electron chi connectivity index (χ0n) is 11.0. The lowest BCUT2D eigenvalue weighted by molar-refractivity contribution is 0.280. The Hall–Kier alpha value is -1.09. The van der Waals surface area contributed by atoms with Crippen molar-refractivity contribution in [3.63, 3.8) is 0 Å². The van der Waals surface area contributed by atoms with Crippen LogP contribution in [0.2, 0.25) is 0 Å². The monoisotopic (exact) mass is 234 g/mol. The topological polar surface area (TPSA) is 36.4 Å². The van der Waals surface area contributed by atoms with Crippen molar-refractivity contribution in [2.45, 2.75) is 52.7 Å². The van der Waals surface area contributed by atoms with Gasteiger partial charge in [-0.1, -0.05) is 6.92 Å². The summed E-state index contributed by atoms with van der Waals surface area (Å²) in [6, 6.07) is 2.64. The van der Waals surface area contributed by atoms with Crippen LogP contribution >= 0.6 is 0 Å². The smallest absolute Gasteiger partial charge is 0.134 e. The van der Waals surface area contributed by atoms with E-state index in [1.54, 1.807) is 0 Å². The number of anilines is 1. The zero-order chi connectivity index (χ0) is 12.4. The molecule has 3 nitrogen and oxygen atoms in total. The molecular formula is C14H22N2O. The maximum absolute atomic E-state index is 9.54. The van der Waals surface area contributed by atoms with Gasteiger partial charge in [0.25, 0.3) is 0 Å². The Bertz CT molecular complexity index is 403. The minimum atomic E-state index is 0.0847. The molecule has 3 heteroatoms. The lowest BCUT2D eigenvalue weighted by Gasteiger charge is -2.27. The molecule has 1 N–H and O–H groups in total. The van der Waals surface area contributed by atoms with Crippen molar-refractivity contribution < 1.29 is 5.11 Å². The van der Waals surface area contributed by atoms with Crippen molar-refractivity contribution in [3.8, 4) is 0 Å². The lowest BCUT2D eigenvalue weighted by Crippen LogP contribution is -2.30. The number of rotatable bonds is 3. The Morgan fingerprint density at radius 3 is 2.88 bits per heavy atom. The van der Waals surface area contributed by atoms with E-state index < -0.39 is 0 Å². The second kappa shape index (κ2) is 5.05. The number of hydrogen-bond acceptors (Lipinski definition) is 3. The lowest BCUT2D eigenvalue weighted by atomic mass is 10.1. The maximum Gasteiger partial charge on any atom is 0.134 e. The molecule has 0 aromatic carbocycles. The Morgan fingerprint density at radius 1 is 1.47 bits per heavy atom. The summed E-state index contributed by atoms with van der Waals surface area (Å²) in [6.07, 6.45) is 3.63. The number of aliphatic hydroxyl groups excluding tert-OH is 1. The van der Waals surface area contributed by atoms with Crippen LogP contribution in [-0.4, -0.2) is 22.7 Å². The molecule has 0 radical (unpaired) electrons. The molecule has 1 saturated heterocycles. The second-order valence-electron chi connectivity index (χ2n) is 4.94. The van der Waals surface area contributed by atoms with E-state index in [0.717, 1.165) is 35.6 Å². The number of aryl methyl sites for hydroxylation is 2. The van der Waals surface area contributed by atoms with E-state index in [0.29, 0.717) is 6.04 Å². The first kappa shape index (κ1) is 12.4. The van der Waals surface area contributed by atoms with Gasteiger partial charge in [0.05, 0.1) is 6.61 Å². The highest BCUT2D eigenvalue weighted by atomic mass is 16.3. The summed E-state index contributed by atoms with van der Waals surface area (Å²) in [5.41, 5.74) is 3.18. The van der Waals surface area contributed by atoms with Crippen LogP contribution in [0, 0.1) is 13.8 Å². The number of aromatic nitrogens is 1. The van der Waals surface area contributed by atoms with E-state index in [2.05, 4.69) is 23.7 Å². The molecule has 0 spiro atoms. The summed E-state index contributed by atoms with van der Waals surface area (Å²) >= 11 is 0. The fourth-order valence-corrected chi connectivity index (χ4v) is 2.82. The summed E-state index contributed by atoms with van der Waals surface area (Å²) < 4.78 is 0. The molecule has 2 rings (SSSR count). The molecule has 0 saturated carbocycles. The molecule has 0 bridgehead atoms. The largest absolute Gasteiger partial charge is 0.392 e. The zero-order valence-corrected chi connectivity index (χ0v) is 11.0. The van der Waals surface area contributed by atoms with Crippen LogP contribution in [0.3, 0.4) is 0 Å². The quantitative estimate of drug-likeness (QED) is 0.873. The standard InChI is InChI=1S/C14H22N2O/c1-4-12-6-5-7-16(12)14-13(9-17)10(2)8-11(3)15-14/h8,12,17H,4-7,9H2,1-3H3. The average Bonchev–Trinajstić information content (AvgIpc) is 2.75. The second-order valence-corrected chi connectivity index (χ2v) is 4.94. The van der Waals surface area contributed by atoms with Gasteiger partial charge in [0.1, 0.15) is 5.82 Å². The van der Waals surface area contributed by atoms with E-state index in [-0.39, 0.29) is 6.61 Å². The van der Waals surface area contributed by atoms with Gasteiger partial charge in [-0.3, -0.25) is 0 Å². The highest BCUT2D eigenvalue weighted by Crippen LogP contribution is 2.30. The molecule has 1 fully saturated rings. The third-order valence-electron chi connectivity index (χ3n) is 3.73. The van der Waals surface area contributed by atoms with Crippen molar-refractivity contribution in [2.75, 3.05) is 11.4 Å². The third kappa shape index (κ3) is 2.29. The predicted molar refractivity (Wildman–Crippen MR) is 70.3 cm³/mol. The molecule has 17 heavy (non-hydrogen) atoms. The molecule has 1 unspecified atom stereocenters. The van der Waals surface area contributed by atoms with E-state index in [1.807, 2.05) is 13.0 Å². The van der Waals surface area contributed by atoms with Gasteiger partial charge in [-0.2, -0.15) is 0 Å². The third-order valence-corrected chi connectivity index (χ3v) is 3.73. The molecule has 1 aromatic rings.